The highest BCUT2D eigenvalue weighted by Gasteiger charge is 2.11. The molecule has 2 aromatic rings. The Labute approximate surface area is 98.3 Å². The van der Waals surface area contributed by atoms with Gasteiger partial charge in [-0.2, -0.15) is 0 Å². The number of phenolic OH excluding ortho intramolecular Hbond substituents is 1. The van der Waals surface area contributed by atoms with Gasteiger partial charge in [0.25, 0.3) is 0 Å². The van der Waals surface area contributed by atoms with Crippen LogP contribution in [0.5, 0.6) is 5.75 Å². The molecule has 0 amide bonds. The summed E-state index contributed by atoms with van der Waals surface area (Å²) >= 11 is 0. The molecule has 17 heavy (non-hydrogen) atoms. The number of ketones is 1. The van der Waals surface area contributed by atoms with Gasteiger partial charge >= 0.3 is 0 Å². The summed E-state index contributed by atoms with van der Waals surface area (Å²) in [7, 11) is 0. The predicted molar refractivity (Wildman–Crippen MR) is 62.5 cm³/mol. The largest absolute Gasteiger partial charge is 0.507 e. The van der Waals surface area contributed by atoms with E-state index in [0.717, 1.165) is 0 Å². The Morgan fingerprint density at radius 3 is 2.59 bits per heavy atom. The third kappa shape index (κ3) is 2.69. The van der Waals surface area contributed by atoms with Gasteiger partial charge in [-0.05, 0) is 29.8 Å². The molecule has 0 aromatic heterocycles. The molecule has 0 aliphatic rings. The molecule has 0 bridgehead atoms. The Balaban J connectivity index is 2.20. The number of hydrogen-bond acceptors (Lipinski definition) is 2. The first-order chi connectivity index (χ1) is 8.16. The molecule has 0 fully saturated rings. The number of phenols is 1. The van der Waals surface area contributed by atoms with Gasteiger partial charge in [0.2, 0.25) is 0 Å². The van der Waals surface area contributed by atoms with E-state index in [0.29, 0.717) is 5.56 Å². The maximum Gasteiger partial charge on any atom is 0.170 e. The summed E-state index contributed by atoms with van der Waals surface area (Å²) < 4.78 is 12.9. The van der Waals surface area contributed by atoms with E-state index in [4.69, 9.17) is 0 Å². The Kier molecular flexibility index (Phi) is 3.19. The molecule has 2 aromatic carbocycles. The van der Waals surface area contributed by atoms with Crippen LogP contribution in [0.25, 0.3) is 0 Å². The second-order valence-corrected chi connectivity index (χ2v) is 3.75. The average Bonchev–Trinajstić information content (AvgIpc) is 2.29. The summed E-state index contributed by atoms with van der Waals surface area (Å²) in [6, 6.07) is 12.2. The minimum Gasteiger partial charge on any atom is -0.507 e. The first-order valence-corrected chi connectivity index (χ1v) is 5.22. The third-order valence-corrected chi connectivity index (χ3v) is 2.46. The zero-order chi connectivity index (χ0) is 12.3. The van der Waals surface area contributed by atoms with E-state index in [2.05, 4.69) is 0 Å². The molecule has 0 aliphatic carbocycles. The van der Waals surface area contributed by atoms with Crippen molar-refractivity contribution >= 4 is 5.78 Å². The molecule has 2 nitrogen and oxygen atoms in total. The Bertz CT molecular complexity index is 549. The number of halogens is 1. The van der Waals surface area contributed by atoms with Crippen LogP contribution < -0.4 is 0 Å². The molecule has 0 heterocycles. The summed E-state index contributed by atoms with van der Waals surface area (Å²) in [5.74, 6) is -0.643. The lowest BCUT2D eigenvalue weighted by atomic mass is 10.0. The van der Waals surface area contributed by atoms with Crippen LogP contribution in [-0.2, 0) is 6.42 Å². The molecule has 1 N–H and O–H groups in total. The Hall–Kier alpha value is -2.16. The van der Waals surface area contributed by atoms with Crippen LogP contribution in [0.2, 0.25) is 0 Å². The topological polar surface area (TPSA) is 37.3 Å². The van der Waals surface area contributed by atoms with Crippen molar-refractivity contribution in [1.29, 1.82) is 0 Å². The lowest BCUT2D eigenvalue weighted by molar-refractivity contribution is 0.0990. The molecular weight excluding hydrogens is 219 g/mol. The Morgan fingerprint density at radius 2 is 1.88 bits per heavy atom. The molecule has 0 spiro atoms. The molecular formula is C14H11FO2. The summed E-state index contributed by atoms with van der Waals surface area (Å²) in [6.45, 7) is 0. The van der Waals surface area contributed by atoms with Gasteiger partial charge in [0, 0.05) is 6.42 Å². The quantitative estimate of drug-likeness (QED) is 0.823. The molecule has 0 unspecified atom stereocenters. The number of Topliss-reactive ketones (excluding diaryl/α,β-unsaturated/α-hetero) is 1. The van der Waals surface area contributed by atoms with Crippen LogP contribution in [0.1, 0.15) is 15.9 Å². The SMILES string of the molecule is O=C(Cc1cccc(F)c1)c1ccccc1O. The van der Waals surface area contributed by atoms with Crippen molar-refractivity contribution in [3.05, 3.63) is 65.5 Å². The number of aromatic hydroxyl groups is 1. The van der Waals surface area contributed by atoms with Crippen LogP contribution in [0.4, 0.5) is 4.39 Å². The molecule has 0 radical (unpaired) electrons. The number of para-hydroxylation sites is 1. The minimum absolute atomic E-state index is 0.0473. The van der Waals surface area contributed by atoms with E-state index in [1.165, 1.54) is 18.2 Å². The number of carbonyl (C=O) groups excluding carboxylic acids is 1. The van der Waals surface area contributed by atoms with Gasteiger partial charge in [0.05, 0.1) is 5.56 Å². The number of hydrogen-bond donors (Lipinski definition) is 1. The van der Waals surface area contributed by atoms with Gasteiger partial charge in [0.1, 0.15) is 11.6 Å². The van der Waals surface area contributed by atoms with Gasteiger partial charge in [-0.25, -0.2) is 4.39 Å². The molecule has 86 valence electrons. The second kappa shape index (κ2) is 4.78. The molecule has 3 heteroatoms. The lowest BCUT2D eigenvalue weighted by Gasteiger charge is -2.03. The summed E-state index contributed by atoms with van der Waals surface area (Å²) in [4.78, 5) is 11.9. The average molecular weight is 230 g/mol. The number of rotatable bonds is 3. The first kappa shape index (κ1) is 11.3. The smallest absolute Gasteiger partial charge is 0.170 e. The maximum atomic E-state index is 12.9. The number of carbonyl (C=O) groups is 1. The summed E-state index contributed by atoms with van der Waals surface area (Å²) in [5, 5.41) is 9.52. The van der Waals surface area contributed by atoms with Gasteiger partial charge < -0.3 is 5.11 Å². The predicted octanol–water partition coefficient (Wildman–Crippen LogP) is 2.96. The number of benzene rings is 2. The van der Waals surface area contributed by atoms with Crippen LogP contribution in [0, 0.1) is 5.82 Å². The monoisotopic (exact) mass is 230 g/mol. The van der Waals surface area contributed by atoms with E-state index in [-0.39, 0.29) is 29.3 Å². The van der Waals surface area contributed by atoms with Crippen molar-refractivity contribution in [2.45, 2.75) is 6.42 Å². The van der Waals surface area contributed by atoms with Crippen LogP contribution in [0.3, 0.4) is 0 Å². The van der Waals surface area contributed by atoms with Crippen molar-refractivity contribution in [2.24, 2.45) is 0 Å². The van der Waals surface area contributed by atoms with Crippen molar-refractivity contribution in [3.8, 4) is 5.75 Å². The highest BCUT2D eigenvalue weighted by atomic mass is 19.1. The van der Waals surface area contributed by atoms with Crippen LogP contribution in [0.15, 0.2) is 48.5 Å². The van der Waals surface area contributed by atoms with Gasteiger partial charge in [-0.15, -0.1) is 0 Å². The zero-order valence-corrected chi connectivity index (χ0v) is 9.06. The third-order valence-electron chi connectivity index (χ3n) is 2.46. The fraction of sp³-hybridized carbons (Fsp3) is 0.0714. The Morgan fingerprint density at radius 1 is 1.12 bits per heavy atom. The van der Waals surface area contributed by atoms with E-state index in [9.17, 15) is 14.3 Å². The van der Waals surface area contributed by atoms with Crippen molar-refractivity contribution in [2.75, 3.05) is 0 Å². The standard InChI is InChI=1S/C14H11FO2/c15-11-5-3-4-10(8-11)9-14(17)12-6-1-2-7-13(12)16/h1-8,16H,9H2. The zero-order valence-electron chi connectivity index (χ0n) is 9.06. The van der Waals surface area contributed by atoms with E-state index in [1.807, 2.05) is 0 Å². The highest BCUT2D eigenvalue weighted by molar-refractivity contribution is 5.99. The van der Waals surface area contributed by atoms with E-state index < -0.39 is 0 Å². The van der Waals surface area contributed by atoms with Crippen LogP contribution in [-0.4, -0.2) is 10.9 Å². The lowest BCUT2D eigenvalue weighted by Crippen LogP contribution is -2.03. The van der Waals surface area contributed by atoms with E-state index in [1.54, 1.807) is 30.3 Å². The molecule has 0 saturated heterocycles. The van der Waals surface area contributed by atoms with Gasteiger partial charge in [-0.1, -0.05) is 24.3 Å². The van der Waals surface area contributed by atoms with Crippen LogP contribution >= 0.6 is 0 Å². The fourth-order valence-corrected chi connectivity index (χ4v) is 1.64. The fourth-order valence-electron chi connectivity index (χ4n) is 1.64. The van der Waals surface area contributed by atoms with Gasteiger partial charge in [-0.3, -0.25) is 4.79 Å². The van der Waals surface area contributed by atoms with Crippen molar-refractivity contribution in [1.82, 2.24) is 0 Å². The van der Waals surface area contributed by atoms with Crippen molar-refractivity contribution < 1.29 is 14.3 Å². The van der Waals surface area contributed by atoms with Crippen molar-refractivity contribution in [3.63, 3.8) is 0 Å². The van der Waals surface area contributed by atoms with E-state index >= 15 is 0 Å². The molecule has 0 aliphatic heterocycles. The first-order valence-electron chi connectivity index (χ1n) is 5.22. The summed E-state index contributed by atoms with van der Waals surface area (Å²) in [5.41, 5.74) is 0.856. The minimum atomic E-state index is -0.368. The van der Waals surface area contributed by atoms with Gasteiger partial charge in [0.15, 0.2) is 5.78 Å². The summed E-state index contributed by atoms with van der Waals surface area (Å²) in [6.07, 6.45) is 0.0787. The molecule has 2 rings (SSSR count). The normalized spacial score (nSPS) is 10.2. The highest BCUT2D eigenvalue weighted by Crippen LogP contribution is 2.18. The molecule has 0 saturated carbocycles. The second-order valence-electron chi connectivity index (χ2n) is 3.75. The maximum absolute atomic E-state index is 12.9. The molecule has 0 atom stereocenters.